The minimum absolute atomic E-state index is 0.0394. The van der Waals surface area contributed by atoms with E-state index in [0.29, 0.717) is 18.3 Å². The van der Waals surface area contributed by atoms with Crippen LogP contribution in [0.2, 0.25) is 0 Å². The van der Waals surface area contributed by atoms with Gasteiger partial charge in [-0.25, -0.2) is 0 Å². The number of carbonyl (C=O) groups excluding carboxylic acids is 1. The van der Waals surface area contributed by atoms with Crippen molar-refractivity contribution in [1.29, 1.82) is 0 Å². The van der Waals surface area contributed by atoms with Gasteiger partial charge in [0.2, 0.25) is 0 Å². The van der Waals surface area contributed by atoms with E-state index in [1.54, 1.807) is 0 Å². The lowest BCUT2D eigenvalue weighted by molar-refractivity contribution is -0.132. The van der Waals surface area contributed by atoms with Gasteiger partial charge in [0.05, 0.1) is 0 Å². The van der Waals surface area contributed by atoms with Crippen LogP contribution >= 0.6 is 0 Å². The van der Waals surface area contributed by atoms with E-state index in [2.05, 4.69) is 18.7 Å². The molecule has 0 aliphatic heterocycles. The summed E-state index contributed by atoms with van der Waals surface area (Å²) in [6.07, 6.45) is 5.31. The summed E-state index contributed by atoms with van der Waals surface area (Å²) in [6.45, 7) is 4.42. The van der Waals surface area contributed by atoms with Crippen LogP contribution in [0.4, 0.5) is 0 Å². The maximum Gasteiger partial charge on any atom is 0.293 e. The fraction of sp³-hybridized carbons (Fsp3) is 0.444. The molecule has 11 heavy (non-hydrogen) atoms. The fourth-order valence-electron chi connectivity index (χ4n) is 1.96. The van der Waals surface area contributed by atoms with Crippen LogP contribution in [0.15, 0.2) is 24.3 Å². The summed E-state index contributed by atoms with van der Waals surface area (Å²) in [5.41, 5.74) is 1.06. The van der Waals surface area contributed by atoms with E-state index < -0.39 is 0 Å². The molecule has 0 aromatic rings. The Morgan fingerprint density at radius 2 is 2.45 bits per heavy atom. The maximum atomic E-state index is 10.1. The molecule has 0 saturated heterocycles. The molecule has 2 bridgehead atoms. The molecule has 0 radical (unpaired) electrons. The third-order valence-electron chi connectivity index (χ3n) is 2.55. The average Bonchev–Trinajstić information content (AvgIpc) is 2.54. The van der Waals surface area contributed by atoms with Gasteiger partial charge in [-0.15, -0.1) is 0 Å². The Morgan fingerprint density at radius 3 is 3.00 bits per heavy atom. The van der Waals surface area contributed by atoms with Gasteiger partial charge < -0.3 is 4.74 Å². The van der Waals surface area contributed by atoms with Gasteiger partial charge in [0, 0.05) is 11.8 Å². The summed E-state index contributed by atoms with van der Waals surface area (Å²) >= 11 is 0. The molecule has 0 aromatic carbocycles. The molecular weight excluding hydrogens is 140 g/mol. The van der Waals surface area contributed by atoms with Crippen LogP contribution in [-0.4, -0.2) is 12.6 Å². The number of rotatable bonds is 2. The highest BCUT2D eigenvalue weighted by Crippen LogP contribution is 2.43. The topological polar surface area (TPSA) is 26.3 Å². The molecule has 3 unspecified atom stereocenters. The van der Waals surface area contributed by atoms with E-state index in [0.717, 1.165) is 12.0 Å². The summed E-state index contributed by atoms with van der Waals surface area (Å²) in [7, 11) is 0. The van der Waals surface area contributed by atoms with Gasteiger partial charge in [0.25, 0.3) is 6.47 Å². The van der Waals surface area contributed by atoms with Crippen LogP contribution in [-0.2, 0) is 9.53 Å². The van der Waals surface area contributed by atoms with E-state index >= 15 is 0 Å². The predicted octanol–water partition coefficient (Wildman–Crippen LogP) is 1.29. The van der Waals surface area contributed by atoms with Gasteiger partial charge in [0.1, 0.15) is 6.10 Å². The van der Waals surface area contributed by atoms with Crippen LogP contribution < -0.4 is 0 Å². The first-order valence-electron chi connectivity index (χ1n) is 3.79. The lowest BCUT2D eigenvalue weighted by Gasteiger charge is -2.17. The molecular formula is C9H10O2. The second-order valence-electron chi connectivity index (χ2n) is 3.12. The lowest BCUT2D eigenvalue weighted by Crippen LogP contribution is -2.19. The van der Waals surface area contributed by atoms with Gasteiger partial charge in [-0.2, -0.15) is 0 Å². The van der Waals surface area contributed by atoms with Gasteiger partial charge in [-0.3, -0.25) is 4.79 Å². The lowest BCUT2D eigenvalue weighted by atomic mass is 10.00. The molecule has 0 aromatic heterocycles. The molecule has 0 amide bonds. The molecule has 2 rings (SSSR count). The smallest absolute Gasteiger partial charge is 0.293 e. The summed E-state index contributed by atoms with van der Waals surface area (Å²) < 4.78 is 4.92. The Morgan fingerprint density at radius 1 is 1.64 bits per heavy atom. The van der Waals surface area contributed by atoms with Crippen molar-refractivity contribution in [2.45, 2.75) is 12.5 Å². The summed E-state index contributed by atoms with van der Waals surface area (Å²) in [4.78, 5) is 10.1. The van der Waals surface area contributed by atoms with Crippen molar-refractivity contribution in [2.24, 2.45) is 11.8 Å². The van der Waals surface area contributed by atoms with Crippen molar-refractivity contribution < 1.29 is 9.53 Å². The van der Waals surface area contributed by atoms with Crippen molar-refractivity contribution >= 4 is 6.47 Å². The highest BCUT2D eigenvalue weighted by molar-refractivity contribution is 5.41. The number of hydrogen-bond acceptors (Lipinski definition) is 2. The minimum atomic E-state index is -0.0394. The van der Waals surface area contributed by atoms with Gasteiger partial charge in [0.15, 0.2) is 0 Å². The first kappa shape index (κ1) is 6.65. The molecule has 3 atom stereocenters. The Kier molecular flexibility index (Phi) is 1.34. The Labute approximate surface area is 65.5 Å². The van der Waals surface area contributed by atoms with Crippen molar-refractivity contribution in [3.8, 4) is 0 Å². The third-order valence-corrected chi connectivity index (χ3v) is 2.55. The van der Waals surface area contributed by atoms with Crippen LogP contribution in [0, 0.1) is 11.8 Å². The van der Waals surface area contributed by atoms with Gasteiger partial charge in [-0.1, -0.05) is 18.7 Å². The zero-order valence-electron chi connectivity index (χ0n) is 6.19. The molecule has 58 valence electrons. The normalized spacial score (nSPS) is 39.6. The van der Waals surface area contributed by atoms with E-state index in [-0.39, 0.29) is 6.10 Å². The average molecular weight is 150 g/mol. The number of allylic oxidation sites excluding steroid dienone is 1. The molecule has 0 spiro atoms. The molecule has 0 N–H and O–H groups in total. The molecule has 2 aliphatic rings. The highest BCUT2D eigenvalue weighted by atomic mass is 16.5. The van der Waals surface area contributed by atoms with E-state index in [1.165, 1.54) is 0 Å². The van der Waals surface area contributed by atoms with Crippen molar-refractivity contribution in [3.63, 3.8) is 0 Å². The molecule has 0 heterocycles. The number of hydrogen-bond donors (Lipinski definition) is 0. The quantitative estimate of drug-likeness (QED) is 0.438. The van der Waals surface area contributed by atoms with Crippen LogP contribution in [0.25, 0.3) is 0 Å². The monoisotopic (exact) mass is 150 g/mol. The molecule has 2 aliphatic carbocycles. The van der Waals surface area contributed by atoms with E-state index in [4.69, 9.17) is 4.74 Å². The Bertz CT molecular complexity index is 230. The first-order valence-corrected chi connectivity index (χ1v) is 3.79. The second-order valence-corrected chi connectivity index (χ2v) is 3.12. The van der Waals surface area contributed by atoms with Crippen LogP contribution in [0.1, 0.15) is 6.42 Å². The van der Waals surface area contributed by atoms with Crippen LogP contribution in [0.5, 0.6) is 0 Å². The second kappa shape index (κ2) is 2.22. The number of fused-ring (bicyclic) bond motifs is 2. The predicted molar refractivity (Wildman–Crippen MR) is 40.8 cm³/mol. The summed E-state index contributed by atoms with van der Waals surface area (Å²) in [5, 5.41) is 0. The van der Waals surface area contributed by atoms with E-state index in [1.807, 2.05) is 0 Å². The van der Waals surface area contributed by atoms with Crippen LogP contribution in [0.3, 0.4) is 0 Å². The standard InChI is InChI=1S/C9H10O2/c1-6-7-2-3-8(4-7)9(6)11-5-10/h2-3,5,7-9H,1,4H2. The van der Waals surface area contributed by atoms with Gasteiger partial charge in [-0.05, 0) is 12.0 Å². The minimum Gasteiger partial charge on any atom is -0.459 e. The molecule has 2 heteroatoms. The fourth-order valence-corrected chi connectivity index (χ4v) is 1.96. The zero-order chi connectivity index (χ0) is 7.84. The third kappa shape index (κ3) is 0.821. The Hall–Kier alpha value is -1.05. The van der Waals surface area contributed by atoms with Crippen molar-refractivity contribution in [2.75, 3.05) is 0 Å². The number of ether oxygens (including phenoxy) is 1. The SMILES string of the molecule is C=C1C2C=CC(C2)C1OC=O. The summed E-state index contributed by atoms with van der Waals surface area (Å²) in [5.74, 6) is 0.864. The zero-order valence-corrected chi connectivity index (χ0v) is 6.19. The molecule has 1 fully saturated rings. The van der Waals surface area contributed by atoms with Gasteiger partial charge >= 0.3 is 0 Å². The highest BCUT2D eigenvalue weighted by Gasteiger charge is 2.40. The van der Waals surface area contributed by atoms with Crippen molar-refractivity contribution in [3.05, 3.63) is 24.3 Å². The molecule has 2 nitrogen and oxygen atoms in total. The first-order chi connectivity index (χ1) is 5.33. The van der Waals surface area contributed by atoms with Crippen molar-refractivity contribution in [1.82, 2.24) is 0 Å². The largest absolute Gasteiger partial charge is 0.459 e. The van der Waals surface area contributed by atoms with E-state index in [9.17, 15) is 4.79 Å². The number of carbonyl (C=O) groups is 1. The molecule has 1 saturated carbocycles. The maximum absolute atomic E-state index is 10.1. The Balaban J connectivity index is 2.18. The summed E-state index contributed by atoms with van der Waals surface area (Å²) in [6, 6.07) is 0.